The number of aromatic carboxylic acids is 1. The molecule has 0 atom stereocenters. The number of carbonyl (C=O) groups excluding carboxylic acids is 1. The molecule has 1 aliphatic rings. The van der Waals surface area contributed by atoms with E-state index in [-0.39, 0.29) is 18.4 Å². The lowest BCUT2D eigenvalue weighted by molar-refractivity contribution is 0.0688. The monoisotopic (exact) mass is 315 g/mol. The van der Waals surface area contributed by atoms with E-state index in [9.17, 15) is 9.59 Å². The summed E-state index contributed by atoms with van der Waals surface area (Å²) >= 11 is 0. The van der Waals surface area contributed by atoms with E-state index < -0.39 is 5.97 Å². The molecule has 7 nitrogen and oxygen atoms in total. The first-order valence-corrected chi connectivity index (χ1v) is 7.39. The van der Waals surface area contributed by atoms with Crippen LogP contribution in [0.1, 0.15) is 21.7 Å². The predicted molar refractivity (Wildman–Crippen MR) is 81.1 cm³/mol. The van der Waals surface area contributed by atoms with Crippen molar-refractivity contribution in [3.8, 4) is 0 Å². The molecule has 120 valence electrons. The molecule has 2 aromatic rings. The summed E-state index contributed by atoms with van der Waals surface area (Å²) in [5, 5.41) is 13.0. The van der Waals surface area contributed by atoms with Crippen LogP contribution in [0, 0.1) is 0 Å². The molecular formula is C16H17N3O4. The minimum absolute atomic E-state index is 0.0418. The summed E-state index contributed by atoms with van der Waals surface area (Å²) in [5.41, 5.74) is 1.80. The van der Waals surface area contributed by atoms with Crippen LogP contribution in [0.4, 0.5) is 4.79 Å². The van der Waals surface area contributed by atoms with E-state index in [0.29, 0.717) is 26.1 Å². The maximum atomic E-state index is 12.2. The van der Waals surface area contributed by atoms with Crippen molar-refractivity contribution in [3.63, 3.8) is 0 Å². The zero-order valence-electron chi connectivity index (χ0n) is 12.5. The highest BCUT2D eigenvalue weighted by molar-refractivity contribution is 5.85. The molecule has 1 aliphatic heterocycles. The average molecular weight is 315 g/mol. The smallest absolute Gasteiger partial charge is 0.410 e. The summed E-state index contributed by atoms with van der Waals surface area (Å²) in [6.07, 6.45) is 0.193. The van der Waals surface area contributed by atoms with Gasteiger partial charge in [-0.25, -0.2) is 9.59 Å². The van der Waals surface area contributed by atoms with E-state index in [1.54, 1.807) is 15.6 Å². The van der Waals surface area contributed by atoms with Gasteiger partial charge in [0.2, 0.25) is 0 Å². The number of ether oxygens (including phenoxy) is 1. The number of nitrogens with zero attached hydrogens (tertiary/aromatic N) is 3. The lowest BCUT2D eigenvalue weighted by atomic mass is 10.2. The molecule has 2 heterocycles. The Balaban J connectivity index is 1.57. The van der Waals surface area contributed by atoms with Gasteiger partial charge in [-0.1, -0.05) is 30.3 Å². The number of carbonyl (C=O) groups is 2. The Morgan fingerprint density at radius 2 is 1.96 bits per heavy atom. The third kappa shape index (κ3) is 3.50. The van der Waals surface area contributed by atoms with E-state index in [2.05, 4.69) is 5.10 Å². The van der Waals surface area contributed by atoms with E-state index in [1.807, 2.05) is 30.3 Å². The summed E-state index contributed by atoms with van der Waals surface area (Å²) in [6, 6.07) is 11.1. The molecule has 0 aliphatic carbocycles. The fourth-order valence-corrected chi connectivity index (χ4v) is 2.52. The number of carboxylic acid groups (broad SMARTS) is 1. The molecule has 1 aromatic carbocycles. The van der Waals surface area contributed by atoms with Gasteiger partial charge >= 0.3 is 12.1 Å². The van der Waals surface area contributed by atoms with Gasteiger partial charge in [-0.15, -0.1) is 0 Å². The van der Waals surface area contributed by atoms with Gasteiger partial charge in [-0.05, 0) is 11.6 Å². The Labute approximate surface area is 133 Å². The SMILES string of the molecule is O=C(O)c1cc2n(n1)CCN(C(=O)OCc1ccccc1)CC2. The van der Waals surface area contributed by atoms with Gasteiger partial charge in [0.05, 0.1) is 6.54 Å². The number of hydrogen-bond donors (Lipinski definition) is 1. The molecule has 23 heavy (non-hydrogen) atoms. The molecular weight excluding hydrogens is 298 g/mol. The fraction of sp³-hybridized carbons (Fsp3) is 0.312. The summed E-state index contributed by atoms with van der Waals surface area (Å²) in [5.74, 6) is -1.04. The highest BCUT2D eigenvalue weighted by Crippen LogP contribution is 2.12. The van der Waals surface area contributed by atoms with E-state index in [4.69, 9.17) is 9.84 Å². The summed E-state index contributed by atoms with van der Waals surface area (Å²) in [6.45, 7) is 1.63. The summed E-state index contributed by atoms with van der Waals surface area (Å²) in [4.78, 5) is 24.7. The number of aromatic nitrogens is 2. The lowest BCUT2D eigenvalue weighted by Gasteiger charge is -2.19. The minimum atomic E-state index is -1.04. The van der Waals surface area contributed by atoms with Crippen LogP contribution in [-0.2, 0) is 24.3 Å². The molecule has 0 radical (unpaired) electrons. The molecule has 7 heteroatoms. The van der Waals surface area contributed by atoms with Crippen molar-refractivity contribution in [1.29, 1.82) is 0 Å². The summed E-state index contributed by atoms with van der Waals surface area (Å²) < 4.78 is 6.97. The molecule has 0 unspecified atom stereocenters. The van der Waals surface area contributed by atoms with Gasteiger partial charge in [-0.2, -0.15) is 5.10 Å². The van der Waals surface area contributed by atoms with Gasteiger partial charge in [-0.3, -0.25) is 4.68 Å². The number of hydrogen-bond acceptors (Lipinski definition) is 4. The molecule has 1 amide bonds. The van der Waals surface area contributed by atoms with Crippen molar-refractivity contribution in [2.75, 3.05) is 13.1 Å². The van der Waals surface area contributed by atoms with Gasteiger partial charge in [0.25, 0.3) is 0 Å². The van der Waals surface area contributed by atoms with Crippen molar-refractivity contribution in [2.45, 2.75) is 19.6 Å². The van der Waals surface area contributed by atoms with Crippen molar-refractivity contribution in [2.24, 2.45) is 0 Å². The lowest BCUT2D eigenvalue weighted by Crippen LogP contribution is -2.34. The van der Waals surface area contributed by atoms with Gasteiger partial charge in [0.15, 0.2) is 5.69 Å². The zero-order valence-corrected chi connectivity index (χ0v) is 12.5. The number of benzene rings is 1. The van der Waals surface area contributed by atoms with Crippen LogP contribution >= 0.6 is 0 Å². The Hall–Kier alpha value is -2.83. The second-order valence-electron chi connectivity index (χ2n) is 5.33. The number of amides is 1. The van der Waals surface area contributed by atoms with Crippen molar-refractivity contribution >= 4 is 12.1 Å². The average Bonchev–Trinajstić information content (AvgIpc) is 2.87. The van der Waals surface area contributed by atoms with Gasteiger partial charge in [0, 0.05) is 25.2 Å². The molecule has 0 spiro atoms. The standard InChI is InChI=1S/C16H17N3O4/c20-15(21)14-10-13-6-7-18(8-9-19(13)17-14)16(22)23-11-12-4-2-1-3-5-12/h1-5,10H,6-9,11H2,(H,20,21). The van der Waals surface area contributed by atoms with E-state index >= 15 is 0 Å². The number of carboxylic acids is 1. The van der Waals surface area contributed by atoms with Crippen LogP contribution in [0.2, 0.25) is 0 Å². The van der Waals surface area contributed by atoms with Crippen LogP contribution in [0.3, 0.4) is 0 Å². The second kappa shape index (κ2) is 6.51. The second-order valence-corrected chi connectivity index (χ2v) is 5.33. The molecule has 1 aromatic heterocycles. The van der Waals surface area contributed by atoms with Crippen molar-refractivity contribution in [3.05, 3.63) is 53.3 Å². The highest BCUT2D eigenvalue weighted by Gasteiger charge is 2.22. The Morgan fingerprint density at radius 3 is 2.70 bits per heavy atom. The van der Waals surface area contributed by atoms with Gasteiger partial charge < -0.3 is 14.7 Å². The van der Waals surface area contributed by atoms with Crippen LogP contribution in [0.15, 0.2) is 36.4 Å². The third-order valence-electron chi connectivity index (χ3n) is 3.77. The maximum Gasteiger partial charge on any atom is 0.410 e. The largest absolute Gasteiger partial charge is 0.476 e. The normalized spacial score (nSPS) is 14.0. The first-order chi connectivity index (χ1) is 11.1. The fourth-order valence-electron chi connectivity index (χ4n) is 2.52. The van der Waals surface area contributed by atoms with E-state index in [0.717, 1.165) is 11.3 Å². The molecule has 0 saturated heterocycles. The van der Waals surface area contributed by atoms with Crippen LogP contribution in [-0.4, -0.2) is 44.9 Å². The van der Waals surface area contributed by atoms with Crippen LogP contribution < -0.4 is 0 Å². The Bertz CT molecular complexity index is 686. The predicted octanol–water partition coefficient (Wildman–Crippen LogP) is 1.78. The van der Waals surface area contributed by atoms with Crippen LogP contribution in [0.5, 0.6) is 0 Å². The number of fused-ring (bicyclic) bond motifs is 1. The first kappa shape index (κ1) is 15.1. The van der Waals surface area contributed by atoms with Crippen molar-refractivity contribution in [1.82, 2.24) is 14.7 Å². The topological polar surface area (TPSA) is 84.7 Å². The molecule has 3 rings (SSSR count). The number of rotatable bonds is 3. The van der Waals surface area contributed by atoms with E-state index in [1.165, 1.54) is 0 Å². The first-order valence-electron chi connectivity index (χ1n) is 7.39. The zero-order chi connectivity index (χ0) is 16.2. The third-order valence-corrected chi connectivity index (χ3v) is 3.77. The quantitative estimate of drug-likeness (QED) is 0.933. The molecule has 0 saturated carbocycles. The minimum Gasteiger partial charge on any atom is -0.476 e. The molecule has 1 N–H and O–H groups in total. The van der Waals surface area contributed by atoms with Gasteiger partial charge in [0.1, 0.15) is 6.61 Å². The van der Waals surface area contributed by atoms with Crippen LogP contribution in [0.25, 0.3) is 0 Å². The highest BCUT2D eigenvalue weighted by atomic mass is 16.6. The Morgan fingerprint density at radius 1 is 1.17 bits per heavy atom. The Kier molecular flexibility index (Phi) is 4.27. The summed E-state index contributed by atoms with van der Waals surface area (Å²) in [7, 11) is 0. The maximum absolute atomic E-state index is 12.2. The molecule has 0 fully saturated rings. The molecule has 0 bridgehead atoms. The van der Waals surface area contributed by atoms with Crippen molar-refractivity contribution < 1.29 is 19.4 Å².